The summed E-state index contributed by atoms with van der Waals surface area (Å²) >= 11 is 6.07. The summed E-state index contributed by atoms with van der Waals surface area (Å²) in [5.41, 5.74) is 0.785. The van der Waals surface area contributed by atoms with Crippen LogP contribution in [0.25, 0.3) is 10.9 Å². The Morgan fingerprint density at radius 2 is 1.72 bits per heavy atom. The molecule has 0 saturated carbocycles. The molecule has 3 fully saturated rings. The Hall–Kier alpha value is -3.32. The highest BCUT2D eigenvalue weighted by Gasteiger charge is 2.45. The normalized spacial score (nSPS) is 21.5. The zero-order valence-corrected chi connectivity index (χ0v) is 27.7. The molecule has 3 aromatic rings. The van der Waals surface area contributed by atoms with Crippen LogP contribution >= 0.6 is 11.6 Å². The molecule has 46 heavy (non-hydrogen) atoms. The van der Waals surface area contributed by atoms with Crippen LogP contribution in [0.4, 0.5) is 15.0 Å². The van der Waals surface area contributed by atoms with Crippen molar-refractivity contribution in [3.8, 4) is 6.01 Å². The van der Waals surface area contributed by atoms with E-state index in [9.17, 15) is 4.79 Å². The second-order valence-electron chi connectivity index (χ2n) is 13.4. The second-order valence-corrected chi connectivity index (χ2v) is 13.7. The predicted octanol–water partition coefficient (Wildman–Crippen LogP) is 4.62. The summed E-state index contributed by atoms with van der Waals surface area (Å²) in [4.78, 5) is 35.0. The SMILES string of the molecule is COC(COc1nc(N2CC3CCC(C2)N3C(=O)OC(C)(C)C)c2cnc(Cl)c(F)c2n1)CN1CCN(Cc2ccccc2)CC1. The van der Waals surface area contributed by atoms with Gasteiger partial charge in [-0.2, -0.15) is 9.97 Å². The van der Waals surface area contributed by atoms with E-state index in [1.807, 2.05) is 31.7 Å². The molecule has 3 unspecified atom stereocenters. The smallest absolute Gasteiger partial charge is 0.410 e. The van der Waals surface area contributed by atoms with Crippen LogP contribution in [0.3, 0.4) is 0 Å². The third kappa shape index (κ3) is 7.46. The quantitative estimate of drug-likeness (QED) is 0.304. The highest BCUT2D eigenvalue weighted by molar-refractivity contribution is 6.30. The Morgan fingerprint density at radius 3 is 2.37 bits per heavy atom. The van der Waals surface area contributed by atoms with Gasteiger partial charge in [0.25, 0.3) is 0 Å². The number of methoxy groups -OCH3 is 1. The molecule has 6 rings (SSSR count). The van der Waals surface area contributed by atoms with Gasteiger partial charge in [-0.3, -0.25) is 14.7 Å². The number of pyridine rings is 1. The minimum absolute atomic E-state index is 0.0420. The summed E-state index contributed by atoms with van der Waals surface area (Å²) in [7, 11) is 1.66. The van der Waals surface area contributed by atoms with Crippen LogP contribution in [0, 0.1) is 5.82 Å². The van der Waals surface area contributed by atoms with E-state index in [4.69, 9.17) is 30.8 Å². The minimum atomic E-state index is -0.723. The monoisotopic (exact) mass is 655 g/mol. The number of benzene rings is 1. The van der Waals surface area contributed by atoms with Crippen molar-refractivity contribution in [2.24, 2.45) is 0 Å². The van der Waals surface area contributed by atoms with Crippen LogP contribution in [0.1, 0.15) is 39.2 Å². The molecule has 1 amide bonds. The zero-order chi connectivity index (χ0) is 32.4. The van der Waals surface area contributed by atoms with Gasteiger partial charge >= 0.3 is 12.1 Å². The maximum Gasteiger partial charge on any atom is 0.410 e. The molecule has 1 aromatic carbocycles. The standard InChI is InChI=1S/C33H43ClFN7O4/c1-33(2,3)46-32(43)42-23-10-11-24(42)19-41(18-23)30-26-16-36-29(34)27(35)28(26)37-31(38-30)45-21-25(44-4)20-40-14-12-39(13-15-40)17-22-8-6-5-7-9-22/h5-9,16,23-25H,10-15,17-21H2,1-4H3. The molecule has 13 heteroatoms. The first-order valence-corrected chi connectivity index (χ1v) is 16.4. The molecular weight excluding hydrogens is 613 g/mol. The van der Waals surface area contributed by atoms with Gasteiger partial charge in [0, 0.05) is 65.7 Å². The lowest BCUT2D eigenvalue weighted by Gasteiger charge is -2.42. The number of carbonyl (C=O) groups excluding carboxylic acids is 1. The van der Waals surface area contributed by atoms with Gasteiger partial charge in [0.15, 0.2) is 11.0 Å². The molecule has 3 atom stereocenters. The van der Waals surface area contributed by atoms with Gasteiger partial charge < -0.3 is 19.1 Å². The first-order chi connectivity index (χ1) is 22.1. The third-order valence-electron chi connectivity index (χ3n) is 8.89. The Labute approximate surface area is 274 Å². The average Bonchev–Trinajstić information content (AvgIpc) is 3.30. The first kappa shape index (κ1) is 32.6. The van der Waals surface area contributed by atoms with Crippen LogP contribution in [0.15, 0.2) is 36.5 Å². The van der Waals surface area contributed by atoms with Crippen molar-refractivity contribution in [3.63, 3.8) is 0 Å². The number of nitrogens with zero attached hydrogens (tertiary/aromatic N) is 7. The zero-order valence-electron chi connectivity index (χ0n) is 27.0. The number of piperazine rings is 2. The fraction of sp³-hybridized carbons (Fsp3) is 0.576. The number of aromatic nitrogens is 3. The molecular formula is C33H43ClFN7O4. The Bertz CT molecular complexity index is 1510. The van der Waals surface area contributed by atoms with E-state index in [1.54, 1.807) is 7.11 Å². The molecule has 0 N–H and O–H groups in total. The second kappa shape index (κ2) is 13.8. The van der Waals surface area contributed by atoms with Gasteiger partial charge in [-0.15, -0.1) is 0 Å². The number of carbonyl (C=O) groups is 1. The molecule has 2 bridgehead atoms. The highest BCUT2D eigenvalue weighted by Crippen LogP contribution is 2.37. The number of halogens is 2. The number of anilines is 1. The number of ether oxygens (including phenoxy) is 3. The molecule has 3 aliphatic heterocycles. The molecule has 0 spiro atoms. The van der Waals surface area contributed by atoms with E-state index in [1.165, 1.54) is 11.8 Å². The summed E-state index contributed by atoms with van der Waals surface area (Å²) in [5.74, 6) is -0.216. The van der Waals surface area contributed by atoms with Gasteiger partial charge in [0.2, 0.25) is 0 Å². The van der Waals surface area contributed by atoms with Crippen LogP contribution in [0.5, 0.6) is 6.01 Å². The Balaban J connectivity index is 1.13. The van der Waals surface area contributed by atoms with Gasteiger partial charge in [-0.25, -0.2) is 14.2 Å². The lowest BCUT2D eigenvalue weighted by atomic mass is 10.1. The van der Waals surface area contributed by atoms with Crippen molar-refractivity contribution < 1.29 is 23.4 Å². The molecule has 2 aromatic heterocycles. The van der Waals surface area contributed by atoms with Gasteiger partial charge in [-0.05, 0) is 39.2 Å². The summed E-state index contributed by atoms with van der Waals surface area (Å²) < 4.78 is 32.9. The summed E-state index contributed by atoms with van der Waals surface area (Å²) in [6.07, 6.45) is 2.65. The topological polar surface area (TPSA) is 96.4 Å². The number of amides is 1. The van der Waals surface area contributed by atoms with E-state index < -0.39 is 11.4 Å². The Kier molecular flexibility index (Phi) is 9.79. The lowest BCUT2D eigenvalue weighted by molar-refractivity contribution is 0.0121. The van der Waals surface area contributed by atoms with Crippen LogP contribution in [0.2, 0.25) is 5.15 Å². The molecule has 3 saturated heterocycles. The van der Waals surface area contributed by atoms with E-state index in [-0.39, 0.29) is 47.6 Å². The fourth-order valence-electron chi connectivity index (χ4n) is 6.62. The average molecular weight is 656 g/mol. The number of hydrogen-bond donors (Lipinski definition) is 0. The molecule has 0 aliphatic carbocycles. The maximum atomic E-state index is 15.3. The van der Waals surface area contributed by atoms with Gasteiger partial charge in [0.1, 0.15) is 29.6 Å². The van der Waals surface area contributed by atoms with Gasteiger partial charge in [-0.1, -0.05) is 41.9 Å². The maximum absolute atomic E-state index is 15.3. The summed E-state index contributed by atoms with van der Waals surface area (Å²) in [5, 5.41) is 0.176. The molecule has 11 nitrogen and oxygen atoms in total. The van der Waals surface area contributed by atoms with Crippen LogP contribution in [-0.2, 0) is 16.0 Å². The number of hydrogen-bond acceptors (Lipinski definition) is 10. The van der Waals surface area contributed by atoms with E-state index in [0.717, 1.165) is 45.6 Å². The molecule has 248 valence electrons. The fourth-order valence-corrected chi connectivity index (χ4v) is 6.75. The van der Waals surface area contributed by atoms with Crippen molar-refractivity contribution in [2.75, 3.05) is 64.4 Å². The van der Waals surface area contributed by atoms with Crippen molar-refractivity contribution in [1.29, 1.82) is 0 Å². The van der Waals surface area contributed by atoms with E-state index in [2.05, 4.69) is 48.9 Å². The van der Waals surface area contributed by atoms with Crippen molar-refractivity contribution >= 4 is 34.4 Å². The predicted molar refractivity (Wildman–Crippen MR) is 174 cm³/mol. The van der Waals surface area contributed by atoms with Crippen molar-refractivity contribution in [1.82, 2.24) is 29.7 Å². The Morgan fingerprint density at radius 1 is 1.04 bits per heavy atom. The van der Waals surface area contributed by atoms with Crippen LogP contribution < -0.4 is 9.64 Å². The highest BCUT2D eigenvalue weighted by atomic mass is 35.5. The van der Waals surface area contributed by atoms with Crippen LogP contribution in [-0.4, -0.2) is 119 Å². The molecule has 5 heterocycles. The van der Waals surface area contributed by atoms with Gasteiger partial charge in [0.05, 0.1) is 17.5 Å². The first-order valence-electron chi connectivity index (χ1n) is 16.0. The third-order valence-corrected chi connectivity index (χ3v) is 9.16. The van der Waals surface area contributed by atoms with E-state index >= 15 is 4.39 Å². The van der Waals surface area contributed by atoms with Crippen molar-refractivity contribution in [2.45, 2.75) is 63.9 Å². The summed E-state index contributed by atoms with van der Waals surface area (Å²) in [6.45, 7) is 12.3. The van der Waals surface area contributed by atoms with E-state index in [0.29, 0.717) is 30.8 Å². The molecule has 0 radical (unpaired) electrons. The lowest BCUT2D eigenvalue weighted by Crippen LogP contribution is -2.57. The number of rotatable bonds is 9. The summed E-state index contributed by atoms with van der Waals surface area (Å²) in [6, 6.07) is 10.4. The number of fused-ring (bicyclic) bond motifs is 3. The van der Waals surface area contributed by atoms with Crippen molar-refractivity contribution in [3.05, 3.63) is 53.1 Å². The minimum Gasteiger partial charge on any atom is -0.461 e. The molecule has 3 aliphatic rings. The largest absolute Gasteiger partial charge is 0.461 e.